The summed E-state index contributed by atoms with van der Waals surface area (Å²) in [7, 11) is 2.74. The van der Waals surface area contributed by atoms with Gasteiger partial charge in [0.05, 0.1) is 7.11 Å². The lowest BCUT2D eigenvalue weighted by molar-refractivity contribution is 0.180. The minimum Gasteiger partial charge on any atom is -0.513 e. The molecule has 0 fully saturated rings. The number of ether oxygens (including phenoxy) is 1. The molecule has 0 atom stereocenters. The zero-order valence-electron chi connectivity index (χ0n) is 19.5. The molecule has 0 aliphatic rings. The fourth-order valence-electron chi connectivity index (χ4n) is 2.48. The monoisotopic (exact) mass is 436 g/mol. The lowest BCUT2D eigenvalue weighted by Crippen LogP contribution is -2.41. The molecule has 3 rings (SSSR count). The molecule has 0 saturated carbocycles. The second-order valence-corrected chi connectivity index (χ2v) is 7.06. The van der Waals surface area contributed by atoms with Crippen molar-refractivity contribution in [2.24, 2.45) is 0 Å². The Morgan fingerprint density at radius 3 is 1.06 bits per heavy atom. The Morgan fingerprint density at radius 2 is 0.781 bits per heavy atom. The molecular weight excluding hydrogens is 406 g/mol. The highest BCUT2D eigenvalue weighted by Crippen LogP contribution is 2.16. The number of benzene rings is 3. The fourth-order valence-corrected chi connectivity index (χ4v) is 2.48. The zero-order chi connectivity index (χ0) is 23.3. The normalized spacial score (nSPS) is 9.94. The number of hydrogen-bond acceptors (Lipinski definition) is 6. The maximum absolute atomic E-state index is 5.60. The van der Waals surface area contributed by atoms with Gasteiger partial charge in [-0.25, -0.2) is 0 Å². The molecule has 3 aromatic rings. The summed E-state index contributed by atoms with van der Waals surface area (Å²) in [5, 5.41) is 0. The topological polar surface area (TPSA) is 55.4 Å². The quantitative estimate of drug-likeness (QED) is 0.438. The van der Waals surface area contributed by atoms with Crippen molar-refractivity contribution in [3.8, 4) is 17.2 Å². The van der Waals surface area contributed by atoms with Crippen LogP contribution in [0.15, 0.2) is 72.8 Å². The van der Waals surface area contributed by atoms with Crippen molar-refractivity contribution < 1.29 is 27.9 Å². The van der Waals surface area contributed by atoms with Gasteiger partial charge in [-0.1, -0.05) is 53.1 Å². The average molecular weight is 436 g/mol. The predicted molar refractivity (Wildman–Crippen MR) is 128 cm³/mol. The minimum atomic E-state index is -0.951. The van der Waals surface area contributed by atoms with E-state index in [4.69, 9.17) is 27.9 Å². The van der Waals surface area contributed by atoms with Gasteiger partial charge in [0.25, 0.3) is 0 Å². The maximum Gasteiger partial charge on any atom is 0.701 e. The summed E-state index contributed by atoms with van der Waals surface area (Å²) in [4.78, 5) is 0. The van der Waals surface area contributed by atoms with Crippen LogP contribution in [0.2, 0.25) is 0 Å². The summed E-state index contributed by atoms with van der Waals surface area (Å²) in [6.45, 7) is 6.06. The van der Waals surface area contributed by atoms with E-state index in [1.165, 1.54) is 19.8 Å². The molecule has 32 heavy (non-hydrogen) atoms. The predicted octanol–water partition coefficient (Wildman–Crippen LogP) is 5.04. The van der Waals surface area contributed by atoms with Crippen LogP contribution in [0.3, 0.4) is 0 Å². The van der Waals surface area contributed by atoms with Gasteiger partial charge in [0.2, 0.25) is 0 Å². The third-order valence-corrected chi connectivity index (χ3v) is 4.37. The van der Waals surface area contributed by atoms with Gasteiger partial charge in [-0.15, -0.1) is 0 Å². The summed E-state index contributed by atoms with van der Waals surface area (Å²) >= 11 is 0. The van der Waals surface area contributed by atoms with Gasteiger partial charge < -0.3 is 27.9 Å². The lowest BCUT2D eigenvalue weighted by Gasteiger charge is -2.17. The van der Waals surface area contributed by atoms with E-state index in [0.717, 1.165) is 16.9 Å². The standard InChI is InChI=1S/C16H20B2O5.C8H10O/c1-13-5-9-15(10-6-13)21-17(19-3)23-18(20-4)22-16-11-7-14(2)8-12-16;1-7-3-5-8(9-2)6-4-7/h5-12H,1-4H3;3-6H,1-2H3. The van der Waals surface area contributed by atoms with E-state index in [2.05, 4.69) is 6.92 Å². The fraction of sp³-hybridized carbons (Fsp3) is 0.250. The van der Waals surface area contributed by atoms with Crippen LogP contribution in [0.4, 0.5) is 0 Å². The van der Waals surface area contributed by atoms with Crippen LogP contribution in [-0.2, 0) is 13.9 Å². The third-order valence-electron chi connectivity index (χ3n) is 4.37. The van der Waals surface area contributed by atoms with Crippen molar-refractivity contribution in [3.05, 3.63) is 89.5 Å². The summed E-state index contributed by atoms with van der Waals surface area (Å²) < 4.78 is 32.0. The first-order chi connectivity index (χ1) is 15.4. The number of hydrogen-bond donors (Lipinski definition) is 0. The molecule has 0 unspecified atom stereocenters. The van der Waals surface area contributed by atoms with Gasteiger partial charge >= 0.3 is 14.6 Å². The second-order valence-electron chi connectivity index (χ2n) is 7.06. The van der Waals surface area contributed by atoms with E-state index in [0.29, 0.717) is 11.5 Å². The molecule has 0 heterocycles. The molecule has 0 spiro atoms. The number of aryl methyl sites for hydroxylation is 3. The molecule has 0 aliphatic heterocycles. The van der Waals surface area contributed by atoms with Crippen molar-refractivity contribution >= 4 is 14.6 Å². The molecule has 0 aromatic heterocycles. The first-order valence-electron chi connectivity index (χ1n) is 10.2. The lowest BCUT2D eigenvalue weighted by atomic mass is 10.1. The third kappa shape index (κ3) is 9.06. The minimum absolute atomic E-state index is 0.632. The van der Waals surface area contributed by atoms with E-state index in [1.54, 1.807) is 7.11 Å². The van der Waals surface area contributed by atoms with Crippen LogP contribution >= 0.6 is 0 Å². The van der Waals surface area contributed by atoms with Gasteiger partial charge in [0, 0.05) is 14.2 Å². The largest absolute Gasteiger partial charge is 0.701 e. The highest BCUT2D eigenvalue weighted by atomic mass is 16.8. The molecule has 0 amide bonds. The van der Waals surface area contributed by atoms with Crippen molar-refractivity contribution in [2.45, 2.75) is 20.8 Å². The molecule has 0 bridgehead atoms. The van der Waals surface area contributed by atoms with Crippen LogP contribution < -0.4 is 14.0 Å². The van der Waals surface area contributed by atoms with E-state index in [1.807, 2.05) is 86.6 Å². The van der Waals surface area contributed by atoms with E-state index < -0.39 is 14.6 Å². The number of methoxy groups -OCH3 is 1. The van der Waals surface area contributed by atoms with Crippen LogP contribution in [0.25, 0.3) is 0 Å². The van der Waals surface area contributed by atoms with E-state index >= 15 is 0 Å². The highest BCUT2D eigenvalue weighted by Gasteiger charge is 2.34. The Kier molecular flexibility index (Phi) is 10.7. The molecular formula is C24H30B2O6. The molecule has 8 heteroatoms. The molecule has 0 radical (unpaired) electrons. The molecule has 0 saturated heterocycles. The summed E-state index contributed by atoms with van der Waals surface area (Å²) in [6.07, 6.45) is 0. The van der Waals surface area contributed by atoms with Crippen LogP contribution in [-0.4, -0.2) is 36.0 Å². The molecule has 168 valence electrons. The number of rotatable bonds is 9. The molecule has 0 aliphatic carbocycles. The Labute approximate surface area is 191 Å². The molecule has 6 nitrogen and oxygen atoms in total. The second kappa shape index (κ2) is 13.5. The maximum atomic E-state index is 5.60. The SMILES string of the molecule is COB(OB(OC)Oc1ccc(C)cc1)Oc1ccc(C)cc1.COc1ccc(C)cc1. The first-order valence-corrected chi connectivity index (χ1v) is 10.2. The van der Waals surface area contributed by atoms with E-state index in [-0.39, 0.29) is 0 Å². The Hall–Kier alpha value is -2.93. The van der Waals surface area contributed by atoms with Crippen LogP contribution in [0.1, 0.15) is 16.7 Å². The van der Waals surface area contributed by atoms with Crippen molar-refractivity contribution in [1.29, 1.82) is 0 Å². The van der Waals surface area contributed by atoms with Gasteiger partial charge in [0.15, 0.2) is 0 Å². The van der Waals surface area contributed by atoms with Gasteiger partial charge in [-0.2, -0.15) is 0 Å². The van der Waals surface area contributed by atoms with Crippen molar-refractivity contribution in [3.63, 3.8) is 0 Å². The van der Waals surface area contributed by atoms with Crippen LogP contribution in [0, 0.1) is 20.8 Å². The average Bonchev–Trinajstić information content (AvgIpc) is 2.81. The van der Waals surface area contributed by atoms with E-state index in [9.17, 15) is 0 Å². The summed E-state index contributed by atoms with van der Waals surface area (Å²) in [5.41, 5.74) is 3.55. The summed E-state index contributed by atoms with van der Waals surface area (Å²) in [5.74, 6) is 2.18. The Bertz CT molecular complexity index is 848. The Morgan fingerprint density at radius 1 is 0.469 bits per heavy atom. The molecule has 3 aromatic carbocycles. The summed E-state index contributed by atoms with van der Waals surface area (Å²) in [6, 6.07) is 23.1. The Balaban J connectivity index is 0.000000336. The smallest absolute Gasteiger partial charge is 0.513 e. The van der Waals surface area contributed by atoms with Crippen molar-refractivity contribution in [2.75, 3.05) is 21.3 Å². The van der Waals surface area contributed by atoms with Gasteiger partial charge in [-0.05, 0) is 57.2 Å². The molecule has 0 N–H and O–H groups in total. The van der Waals surface area contributed by atoms with Gasteiger partial charge in [0.1, 0.15) is 17.2 Å². The first kappa shape index (κ1) is 25.3. The highest BCUT2D eigenvalue weighted by molar-refractivity contribution is 6.52. The zero-order valence-corrected chi connectivity index (χ0v) is 19.5. The van der Waals surface area contributed by atoms with Crippen molar-refractivity contribution in [1.82, 2.24) is 0 Å². The van der Waals surface area contributed by atoms with Gasteiger partial charge in [-0.3, -0.25) is 0 Å². The van der Waals surface area contributed by atoms with Crippen LogP contribution in [0.5, 0.6) is 17.2 Å².